The van der Waals surface area contributed by atoms with Gasteiger partial charge in [0.1, 0.15) is 6.33 Å². The molecule has 1 N–H and O–H groups in total. The predicted molar refractivity (Wildman–Crippen MR) is 119 cm³/mol. The van der Waals surface area contributed by atoms with Gasteiger partial charge in [0, 0.05) is 24.4 Å². The summed E-state index contributed by atoms with van der Waals surface area (Å²) in [5, 5.41) is 12.1. The van der Waals surface area contributed by atoms with Gasteiger partial charge in [-0.15, -0.1) is 10.2 Å². The van der Waals surface area contributed by atoms with Crippen LogP contribution in [0.5, 0.6) is 0 Å². The van der Waals surface area contributed by atoms with E-state index < -0.39 is 0 Å². The van der Waals surface area contributed by atoms with E-state index in [4.69, 9.17) is 0 Å². The van der Waals surface area contributed by atoms with Crippen LogP contribution in [0.25, 0.3) is 0 Å². The van der Waals surface area contributed by atoms with Gasteiger partial charge in [-0.1, -0.05) is 60.3 Å². The Balaban J connectivity index is 1.27. The minimum Gasteiger partial charge on any atom is -0.355 e. The van der Waals surface area contributed by atoms with E-state index in [-0.39, 0.29) is 11.9 Å². The van der Waals surface area contributed by atoms with Crippen molar-refractivity contribution >= 4 is 17.7 Å². The molecular formula is C24H26N4OS. The van der Waals surface area contributed by atoms with Crippen LogP contribution >= 0.6 is 11.8 Å². The van der Waals surface area contributed by atoms with Crippen LogP contribution in [0.3, 0.4) is 0 Å². The van der Waals surface area contributed by atoms with E-state index >= 15 is 0 Å². The van der Waals surface area contributed by atoms with Crippen molar-refractivity contribution in [2.24, 2.45) is 5.92 Å². The number of amides is 1. The number of aromatic nitrogens is 3. The maximum atomic E-state index is 12.6. The molecular weight excluding hydrogens is 392 g/mol. The quantitative estimate of drug-likeness (QED) is 0.604. The highest BCUT2D eigenvalue weighted by molar-refractivity contribution is 7.99. The third kappa shape index (κ3) is 3.33. The molecule has 2 aromatic carbocycles. The lowest BCUT2D eigenvalue weighted by molar-refractivity contribution is -0.118. The largest absolute Gasteiger partial charge is 0.355 e. The molecule has 5 nitrogen and oxygen atoms in total. The standard InChI is InChI=1S/C24H26N4OS/c1-15(2)28-14-26-27-24(28)30-13-22(29)25-12-16-11-21-17-7-3-5-9-19(17)23(16)20-10-6-4-8-18(20)21/h3-10,14-16,21,23H,11-13H2,1-2H3,(H,25,29). The maximum absolute atomic E-state index is 12.6. The van der Waals surface area contributed by atoms with E-state index in [0.29, 0.717) is 30.1 Å². The van der Waals surface area contributed by atoms with Crippen LogP contribution < -0.4 is 5.32 Å². The van der Waals surface area contributed by atoms with Crippen molar-refractivity contribution in [2.45, 2.75) is 43.3 Å². The van der Waals surface area contributed by atoms with Gasteiger partial charge in [0.25, 0.3) is 0 Å². The third-order valence-corrected chi connectivity index (χ3v) is 7.37. The SMILES string of the molecule is CC(C)n1cnnc1SCC(=O)NCC1CC2c3ccccc3C1c1ccccc12. The average molecular weight is 419 g/mol. The molecule has 2 bridgehead atoms. The monoisotopic (exact) mass is 418 g/mol. The van der Waals surface area contributed by atoms with Gasteiger partial charge in [0.05, 0.1) is 5.75 Å². The fourth-order valence-electron chi connectivity index (χ4n) is 5.08. The number of benzene rings is 2. The van der Waals surface area contributed by atoms with Crippen LogP contribution in [0.15, 0.2) is 60.0 Å². The average Bonchev–Trinajstić information content (AvgIpc) is 3.25. The first-order valence-corrected chi connectivity index (χ1v) is 11.6. The lowest BCUT2D eigenvalue weighted by atomic mass is 9.59. The molecule has 3 aliphatic carbocycles. The fourth-order valence-corrected chi connectivity index (χ4v) is 5.95. The van der Waals surface area contributed by atoms with Crippen LogP contribution in [0.1, 0.15) is 60.4 Å². The van der Waals surface area contributed by atoms with Gasteiger partial charge in [-0.05, 0) is 48.4 Å². The zero-order valence-corrected chi connectivity index (χ0v) is 18.1. The molecule has 30 heavy (non-hydrogen) atoms. The van der Waals surface area contributed by atoms with Crippen molar-refractivity contribution < 1.29 is 4.79 Å². The Kier molecular flexibility index (Phi) is 5.11. The van der Waals surface area contributed by atoms with E-state index in [1.807, 2.05) is 4.57 Å². The van der Waals surface area contributed by atoms with E-state index in [0.717, 1.165) is 11.6 Å². The summed E-state index contributed by atoms with van der Waals surface area (Å²) in [4.78, 5) is 12.6. The summed E-state index contributed by atoms with van der Waals surface area (Å²) in [5.41, 5.74) is 5.80. The Labute approximate surface area is 181 Å². The normalized spacial score (nSPS) is 21.4. The summed E-state index contributed by atoms with van der Waals surface area (Å²) in [6.45, 7) is 4.88. The highest BCUT2D eigenvalue weighted by atomic mass is 32.2. The molecule has 3 aliphatic rings. The number of thioether (sulfide) groups is 1. The highest BCUT2D eigenvalue weighted by Crippen LogP contribution is 2.55. The Morgan fingerprint density at radius 2 is 1.73 bits per heavy atom. The lowest BCUT2D eigenvalue weighted by Crippen LogP contribution is -2.39. The third-order valence-electron chi connectivity index (χ3n) is 6.41. The maximum Gasteiger partial charge on any atom is 0.230 e. The second-order valence-corrected chi connectivity index (χ2v) is 9.43. The van der Waals surface area contributed by atoms with Gasteiger partial charge < -0.3 is 9.88 Å². The first-order chi connectivity index (χ1) is 14.6. The molecule has 154 valence electrons. The summed E-state index contributed by atoms with van der Waals surface area (Å²) >= 11 is 1.45. The predicted octanol–water partition coefficient (Wildman–Crippen LogP) is 4.36. The van der Waals surface area contributed by atoms with Crippen molar-refractivity contribution in [1.82, 2.24) is 20.1 Å². The van der Waals surface area contributed by atoms with Crippen LogP contribution in [0.2, 0.25) is 0 Å². The smallest absolute Gasteiger partial charge is 0.230 e. The van der Waals surface area contributed by atoms with Gasteiger partial charge in [-0.25, -0.2) is 0 Å². The number of nitrogens with zero attached hydrogens (tertiary/aromatic N) is 3. The molecule has 0 fully saturated rings. The molecule has 1 atom stereocenters. The van der Waals surface area contributed by atoms with E-state index in [2.05, 4.69) is 77.9 Å². The van der Waals surface area contributed by atoms with Crippen LogP contribution in [-0.4, -0.2) is 33.0 Å². The molecule has 6 heteroatoms. The van der Waals surface area contributed by atoms with Crippen molar-refractivity contribution in [3.05, 3.63) is 77.1 Å². The number of rotatable bonds is 6. The first-order valence-electron chi connectivity index (χ1n) is 10.6. The number of nitrogens with one attached hydrogen (secondary N) is 1. The Bertz CT molecular complexity index is 1030. The molecule has 3 aromatic rings. The van der Waals surface area contributed by atoms with Gasteiger partial charge in [0.2, 0.25) is 5.91 Å². The summed E-state index contributed by atoms with van der Waals surface area (Å²) < 4.78 is 1.99. The van der Waals surface area contributed by atoms with Crippen molar-refractivity contribution in [3.63, 3.8) is 0 Å². The summed E-state index contributed by atoms with van der Waals surface area (Å²) in [6, 6.07) is 17.9. The van der Waals surface area contributed by atoms with E-state index in [9.17, 15) is 4.79 Å². The molecule has 1 aromatic heterocycles. The van der Waals surface area contributed by atoms with Crippen molar-refractivity contribution in [2.75, 3.05) is 12.3 Å². The first kappa shape index (κ1) is 19.4. The second-order valence-electron chi connectivity index (χ2n) is 8.49. The Hall–Kier alpha value is -2.60. The van der Waals surface area contributed by atoms with Crippen molar-refractivity contribution in [3.8, 4) is 0 Å². The molecule has 0 saturated heterocycles. The lowest BCUT2D eigenvalue weighted by Gasteiger charge is -2.45. The molecule has 0 spiro atoms. The number of hydrogen-bond acceptors (Lipinski definition) is 4. The van der Waals surface area contributed by atoms with Gasteiger partial charge in [-0.3, -0.25) is 4.79 Å². The number of carbonyl (C=O) groups is 1. The zero-order valence-electron chi connectivity index (χ0n) is 17.3. The van der Waals surface area contributed by atoms with Gasteiger partial charge in [-0.2, -0.15) is 0 Å². The summed E-state index contributed by atoms with van der Waals surface area (Å²) in [7, 11) is 0. The fraction of sp³-hybridized carbons (Fsp3) is 0.375. The molecule has 1 heterocycles. The zero-order chi connectivity index (χ0) is 20.7. The minimum absolute atomic E-state index is 0.0568. The topological polar surface area (TPSA) is 59.8 Å². The van der Waals surface area contributed by atoms with Crippen LogP contribution in [0.4, 0.5) is 0 Å². The highest BCUT2D eigenvalue weighted by Gasteiger charge is 2.42. The summed E-state index contributed by atoms with van der Waals surface area (Å²) in [6.07, 6.45) is 2.81. The number of hydrogen-bond donors (Lipinski definition) is 1. The van der Waals surface area contributed by atoms with E-state index in [1.165, 1.54) is 34.0 Å². The minimum atomic E-state index is 0.0568. The Morgan fingerprint density at radius 3 is 2.37 bits per heavy atom. The molecule has 1 unspecified atom stereocenters. The number of carbonyl (C=O) groups excluding carboxylic acids is 1. The number of fused-ring (bicyclic) bond motifs is 1. The second kappa shape index (κ2) is 7.91. The molecule has 6 rings (SSSR count). The van der Waals surface area contributed by atoms with Gasteiger partial charge >= 0.3 is 0 Å². The molecule has 1 amide bonds. The van der Waals surface area contributed by atoms with Crippen LogP contribution in [0, 0.1) is 5.92 Å². The van der Waals surface area contributed by atoms with Gasteiger partial charge in [0.15, 0.2) is 5.16 Å². The van der Waals surface area contributed by atoms with Crippen LogP contribution in [-0.2, 0) is 4.79 Å². The molecule has 0 aliphatic heterocycles. The summed E-state index contributed by atoms with van der Waals surface area (Å²) in [5.74, 6) is 1.64. The van der Waals surface area contributed by atoms with Crippen molar-refractivity contribution in [1.29, 1.82) is 0 Å². The molecule has 0 saturated carbocycles. The Morgan fingerprint density at radius 1 is 1.10 bits per heavy atom. The van der Waals surface area contributed by atoms with E-state index in [1.54, 1.807) is 6.33 Å². The molecule has 0 radical (unpaired) electrons.